The average molecular weight is 305 g/mol. The van der Waals surface area contributed by atoms with Gasteiger partial charge in [0.25, 0.3) is 0 Å². The number of carbonyl (C=O) groups excluding carboxylic acids is 2. The summed E-state index contributed by atoms with van der Waals surface area (Å²) in [5.74, 6) is -0.512. The van der Waals surface area contributed by atoms with Gasteiger partial charge in [0, 0.05) is 18.9 Å². The Labute approximate surface area is 129 Å². The summed E-state index contributed by atoms with van der Waals surface area (Å²) < 4.78 is 14.8. The number of nitriles is 1. The number of esters is 1. The summed E-state index contributed by atoms with van der Waals surface area (Å²) in [4.78, 5) is 23.2. The van der Waals surface area contributed by atoms with Gasteiger partial charge in [-0.05, 0) is 24.1 Å². The number of benzene rings is 1. The zero-order valence-electron chi connectivity index (χ0n) is 12.9. The summed E-state index contributed by atoms with van der Waals surface area (Å²) in [5, 5.41) is 9.29. The molecule has 0 aromatic heterocycles. The molecule has 22 heavy (non-hydrogen) atoms. The number of carbonyl (C=O) groups is 2. The van der Waals surface area contributed by atoms with Crippen LogP contribution in [0.5, 0.6) is 11.5 Å². The second-order valence-electron chi connectivity index (χ2n) is 4.60. The molecule has 0 N–H and O–H groups in total. The Hall–Kier alpha value is -2.55. The number of hydrogen-bond acceptors (Lipinski definition) is 6. The van der Waals surface area contributed by atoms with E-state index >= 15 is 0 Å². The molecule has 0 fully saturated rings. The van der Waals surface area contributed by atoms with Crippen molar-refractivity contribution >= 4 is 11.8 Å². The molecule has 1 aromatic carbocycles. The maximum Gasteiger partial charge on any atom is 0.305 e. The van der Waals surface area contributed by atoms with Crippen molar-refractivity contribution in [1.82, 2.24) is 0 Å². The van der Waals surface area contributed by atoms with E-state index < -0.39 is 5.92 Å². The molecule has 0 saturated carbocycles. The summed E-state index contributed by atoms with van der Waals surface area (Å²) in [6.45, 7) is 0. The van der Waals surface area contributed by atoms with Gasteiger partial charge in [0.05, 0.1) is 27.4 Å². The van der Waals surface area contributed by atoms with E-state index in [4.69, 9.17) is 9.47 Å². The molecule has 0 heterocycles. The maximum absolute atomic E-state index is 12.2. The van der Waals surface area contributed by atoms with Gasteiger partial charge in [-0.3, -0.25) is 9.59 Å². The first-order chi connectivity index (χ1) is 10.5. The molecule has 0 aliphatic carbocycles. The fraction of sp³-hybridized carbons (Fsp3) is 0.438. The molecular formula is C16H19NO5. The summed E-state index contributed by atoms with van der Waals surface area (Å²) in [5.41, 5.74) is 0.516. The zero-order chi connectivity index (χ0) is 16.5. The van der Waals surface area contributed by atoms with Crippen LogP contribution in [0.4, 0.5) is 0 Å². The molecule has 0 aliphatic heterocycles. The van der Waals surface area contributed by atoms with E-state index in [-0.39, 0.29) is 24.6 Å². The maximum atomic E-state index is 12.2. The van der Waals surface area contributed by atoms with Crippen molar-refractivity contribution in [3.05, 3.63) is 23.8 Å². The first kappa shape index (κ1) is 17.5. The first-order valence-electron chi connectivity index (χ1n) is 6.77. The Kier molecular flexibility index (Phi) is 6.90. The summed E-state index contributed by atoms with van der Waals surface area (Å²) in [6, 6.07) is 6.93. The van der Waals surface area contributed by atoms with E-state index in [0.717, 1.165) is 0 Å². The van der Waals surface area contributed by atoms with Crippen LogP contribution in [-0.2, 0) is 14.3 Å². The van der Waals surface area contributed by atoms with Crippen LogP contribution < -0.4 is 9.47 Å². The Bertz CT molecular complexity index is 554. The van der Waals surface area contributed by atoms with Gasteiger partial charge in [-0.15, -0.1) is 0 Å². The highest BCUT2D eigenvalue weighted by molar-refractivity contribution is 5.88. The monoisotopic (exact) mass is 305 g/mol. The van der Waals surface area contributed by atoms with Crippen LogP contribution in [0.1, 0.15) is 30.7 Å². The first-order valence-corrected chi connectivity index (χ1v) is 6.77. The Balaban J connectivity index is 2.84. The second-order valence-corrected chi connectivity index (χ2v) is 4.60. The minimum absolute atomic E-state index is 0.132. The lowest BCUT2D eigenvalue weighted by molar-refractivity contribution is -0.140. The van der Waals surface area contributed by atoms with Gasteiger partial charge >= 0.3 is 5.97 Å². The van der Waals surface area contributed by atoms with Crippen LogP contribution in [0.25, 0.3) is 0 Å². The molecule has 0 saturated heterocycles. The second kappa shape index (κ2) is 8.67. The predicted octanol–water partition coefficient (Wildman–Crippen LogP) is 2.22. The smallest absolute Gasteiger partial charge is 0.305 e. The molecule has 0 aliphatic rings. The van der Waals surface area contributed by atoms with Crippen LogP contribution in [-0.4, -0.2) is 33.1 Å². The summed E-state index contributed by atoms with van der Waals surface area (Å²) in [6.07, 6.45) is 0.638. The van der Waals surface area contributed by atoms with Gasteiger partial charge in [-0.1, -0.05) is 0 Å². The number of methoxy groups -OCH3 is 3. The van der Waals surface area contributed by atoms with Crippen molar-refractivity contribution in [2.75, 3.05) is 21.3 Å². The molecule has 6 nitrogen and oxygen atoms in total. The highest BCUT2D eigenvalue weighted by Crippen LogP contribution is 2.28. The van der Waals surface area contributed by atoms with E-state index in [1.165, 1.54) is 21.3 Å². The summed E-state index contributed by atoms with van der Waals surface area (Å²) in [7, 11) is 4.29. The van der Waals surface area contributed by atoms with Gasteiger partial charge in [-0.2, -0.15) is 5.26 Å². The lowest BCUT2D eigenvalue weighted by atomic mass is 9.93. The molecule has 0 amide bonds. The normalized spacial score (nSPS) is 11.2. The quantitative estimate of drug-likeness (QED) is 0.685. The number of hydrogen-bond donors (Lipinski definition) is 0. The van der Waals surface area contributed by atoms with Gasteiger partial charge in [0.15, 0.2) is 5.78 Å². The molecule has 0 bridgehead atoms. The Morgan fingerprint density at radius 2 is 1.68 bits per heavy atom. The van der Waals surface area contributed by atoms with Gasteiger partial charge in [0.1, 0.15) is 17.4 Å². The van der Waals surface area contributed by atoms with Crippen molar-refractivity contribution in [2.45, 2.75) is 25.2 Å². The van der Waals surface area contributed by atoms with E-state index in [0.29, 0.717) is 23.5 Å². The average Bonchev–Trinajstić information content (AvgIpc) is 2.54. The minimum atomic E-state index is -0.915. The molecule has 1 rings (SSSR count). The van der Waals surface area contributed by atoms with Gasteiger partial charge in [-0.25, -0.2) is 0 Å². The largest absolute Gasteiger partial charge is 0.497 e. The number of ketones is 1. The molecule has 1 atom stereocenters. The van der Waals surface area contributed by atoms with E-state index in [1.807, 2.05) is 6.07 Å². The number of rotatable bonds is 8. The highest BCUT2D eigenvalue weighted by Gasteiger charge is 2.21. The molecule has 1 unspecified atom stereocenters. The van der Waals surface area contributed by atoms with Crippen LogP contribution in [0.3, 0.4) is 0 Å². The van der Waals surface area contributed by atoms with Crippen LogP contribution in [0.2, 0.25) is 0 Å². The Morgan fingerprint density at radius 1 is 1.09 bits per heavy atom. The van der Waals surface area contributed by atoms with Crippen molar-refractivity contribution < 1.29 is 23.8 Å². The van der Waals surface area contributed by atoms with Crippen molar-refractivity contribution in [3.63, 3.8) is 0 Å². The van der Waals surface area contributed by atoms with E-state index in [9.17, 15) is 14.9 Å². The van der Waals surface area contributed by atoms with Crippen molar-refractivity contribution in [2.24, 2.45) is 0 Å². The van der Waals surface area contributed by atoms with Crippen LogP contribution in [0, 0.1) is 11.3 Å². The van der Waals surface area contributed by atoms with Gasteiger partial charge in [0.2, 0.25) is 0 Å². The molecular weight excluding hydrogens is 286 g/mol. The third-order valence-electron chi connectivity index (χ3n) is 3.19. The third kappa shape index (κ3) is 4.77. The van der Waals surface area contributed by atoms with Gasteiger partial charge < -0.3 is 14.2 Å². The molecule has 6 heteroatoms. The number of ether oxygens (including phenoxy) is 3. The topological polar surface area (TPSA) is 85.6 Å². The fourth-order valence-electron chi connectivity index (χ4n) is 1.98. The standard InChI is InChI=1S/C16H19NO5/c1-20-12-7-11(8-13(9-12)21-2)14(10-17)15(18)5-4-6-16(19)22-3/h7-9,14H,4-6H2,1-3H3. The third-order valence-corrected chi connectivity index (χ3v) is 3.19. The van der Waals surface area contributed by atoms with Crippen LogP contribution >= 0.6 is 0 Å². The lowest BCUT2D eigenvalue weighted by Gasteiger charge is -2.12. The predicted molar refractivity (Wildman–Crippen MR) is 78.8 cm³/mol. The van der Waals surface area contributed by atoms with Crippen molar-refractivity contribution in [1.29, 1.82) is 5.26 Å². The van der Waals surface area contributed by atoms with E-state index in [2.05, 4.69) is 4.74 Å². The highest BCUT2D eigenvalue weighted by atomic mass is 16.5. The van der Waals surface area contributed by atoms with E-state index in [1.54, 1.807) is 18.2 Å². The molecule has 1 aromatic rings. The fourth-order valence-corrected chi connectivity index (χ4v) is 1.98. The molecule has 0 spiro atoms. The molecule has 118 valence electrons. The Morgan fingerprint density at radius 3 is 2.14 bits per heavy atom. The number of Topliss-reactive ketones (excluding diaryl/α,β-unsaturated/α-hetero) is 1. The lowest BCUT2D eigenvalue weighted by Crippen LogP contribution is -2.12. The number of nitrogens with zero attached hydrogens (tertiary/aromatic N) is 1. The zero-order valence-corrected chi connectivity index (χ0v) is 12.9. The van der Waals surface area contributed by atoms with Crippen LogP contribution in [0.15, 0.2) is 18.2 Å². The van der Waals surface area contributed by atoms with Crippen molar-refractivity contribution in [3.8, 4) is 17.6 Å². The summed E-state index contributed by atoms with van der Waals surface area (Å²) >= 11 is 0. The molecule has 0 radical (unpaired) electrons. The SMILES string of the molecule is COC(=O)CCCC(=O)C(C#N)c1cc(OC)cc(OC)c1. The minimum Gasteiger partial charge on any atom is -0.497 e.